The minimum atomic E-state index is -4.32. The maximum atomic E-state index is 12.3. The summed E-state index contributed by atoms with van der Waals surface area (Å²) >= 11 is 0. The molecule has 0 saturated carbocycles. The maximum absolute atomic E-state index is 12.3. The van der Waals surface area contributed by atoms with Crippen molar-refractivity contribution in [3.05, 3.63) is 34.9 Å². The van der Waals surface area contributed by atoms with Crippen LogP contribution in [0.5, 0.6) is 0 Å². The molecule has 2 nitrogen and oxygen atoms in total. The van der Waals surface area contributed by atoms with Crippen LogP contribution in [0.2, 0.25) is 0 Å². The lowest BCUT2D eigenvalue weighted by Gasteiger charge is -2.10. The van der Waals surface area contributed by atoms with Gasteiger partial charge in [0.25, 0.3) is 0 Å². The van der Waals surface area contributed by atoms with Gasteiger partial charge >= 0.3 is 6.18 Å². The number of hydrogen-bond donors (Lipinski definition) is 1. The largest absolute Gasteiger partial charge is 0.416 e. The molecule has 78 valence electrons. The number of halogens is 3. The molecule has 0 atom stereocenters. The second-order valence-electron chi connectivity index (χ2n) is 2.95. The molecule has 1 rings (SSSR count). The van der Waals surface area contributed by atoms with Crippen molar-refractivity contribution in [2.75, 3.05) is 0 Å². The molecule has 5 heteroatoms. The number of aryl methyl sites for hydroxylation is 1. The molecular weight excluding hydrogens is 195 g/mol. The van der Waals surface area contributed by atoms with E-state index in [-0.39, 0.29) is 6.61 Å². The molecule has 2 N–H and O–H groups in total. The van der Waals surface area contributed by atoms with Gasteiger partial charge < -0.3 is 0 Å². The molecule has 1 aromatic carbocycles. The smallest absolute Gasteiger partial charge is 0.300 e. The fraction of sp³-hybridized carbons (Fsp3) is 0.333. The lowest BCUT2D eigenvalue weighted by molar-refractivity contribution is -0.137. The Morgan fingerprint density at radius 3 is 2.50 bits per heavy atom. The van der Waals surface area contributed by atoms with E-state index in [2.05, 4.69) is 4.84 Å². The first-order chi connectivity index (χ1) is 6.45. The average Bonchev–Trinajstić information content (AvgIpc) is 2.07. The van der Waals surface area contributed by atoms with Crippen molar-refractivity contribution in [2.45, 2.75) is 19.7 Å². The van der Waals surface area contributed by atoms with Gasteiger partial charge in [-0.3, -0.25) is 4.84 Å². The summed E-state index contributed by atoms with van der Waals surface area (Å²) in [5.41, 5.74) is 0.487. The van der Waals surface area contributed by atoms with Gasteiger partial charge in [-0.05, 0) is 30.2 Å². The van der Waals surface area contributed by atoms with Gasteiger partial charge in [0.2, 0.25) is 0 Å². The SMILES string of the molecule is Cc1ccc(C(F)(F)F)cc1CON. The van der Waals surface area contributed by atoms with Crippen LogP contribution in [0.4, 0.5) is 13.2 Å². The van der Waals surface area contributed by atoms with Gasteiger partial charge in [0.05, 0.1) is 12.2 Å². The van der Waals surface area contributed by atoms with E-state index >= 15 is 0 Å². The average molecular weight is 205 g/mol. The summed E-state index contributed by atoms with van der Waals surface area (Å²) in [6, 6.07) is 3.48. The molecule has 14 heavy (non-hydrogen) atoms. The molecule has 0 heterocycles. The molecule has 0 saturated heterocycles. The highest BCUT2D eigenvalue weighted by atomic mass is 19.4. The summed E-state index contributed by atoms with van der Waals surface area (Å²) in [4.78, 5) is 4.31. The van der Waals surface area contributed by atoms with Gasteiger partial charge in [0, 0.05) is 0 Å². The number of rotatable bonds is 2. The van der Waals surface area contributed by atoms with Gasteiger partial charge in [-0.15, -0.1) is 0 Å². The van der Waals surface area contributed by atoms with E-state index in [4.69, 9.17) is 5.90 Å². The lowest BCUT2D eigenvalue weighted by Crippen LogP contribution is -2.07. The Bertz CT molecular complexity index is 322. The second kappa shape index (κ2) is 3.98. The van der Waals surface area contributed by atoms with Crippen molar-refractivity contribution in [3.63, 3.8) is 0 Å². The van der Waals surface area contributed by atoms with Crippen LogP contribution in [-0.2, 0) is 17.6 Å². The predicted octanol–water partition coefficient (Wildman–Crippen LogP) is 2.40. The molecule has 0 radical (unpaired) electrons. The first-order valence-electron chi connectivity index (χ1n) is 3.93. The summed E-state index contributed by atoms with van der Waals surface area (Å²) in [5, 5.41) is 0. The van der Waals surface area contributed by atoms with Crippen molar-refractivity contribution in [1.82, 2.24) is 0 Å². The Morgan fingerprint density at radius 2 is 2.00 bits per heavy atom. The molecule has 0 aliphatic rings. The van der Waals surface area contributed by atoms with E-state index in [0.29, 0.717) is 5.56 Å². The molecule has 0 bridgehead atoms. The zero-order chi connectivity index (χ0) is 10.8. The van der Waals surface area contributed by atoms with Crippen molar-refractivity contribution < 1.29 is 18.0 Å². The number of alkyl halides is 3. The summed E-state index contributed by atoms with van der Waals surface area (Å²) in [5.74, 6) is 4.81. The zero-order valence-corrected chi connectivity index (χ0v) is 7.56. The third-order valence-corrected chi connectivity index (χ3v) is 1.92. The van der Waals surface area contributed by atoms with E-state index in [1.54, 1.807) is 6.92 Å². The third kappa shape index (κ3) is 2.46. The molecule has 0 aliphatic heterocycles. The van der Waals surface area contributed by atoms with Crippen LogP contribution in [-0.4, -0.2) is 0 Å². The van der Waals surface area contributed by atoms with Gasteiger partial charge in [-0.2, -0.15) is 13.2 Å². The summed E-state index contributed by atoms with van der Waals surface area (Å²) < 4.78 is 36.8. The quantitative estimate of drug-likeness (QED) is 0.752. The third-order valence-electron chi connectivity index (χ3n) is 1.92. The first kappa shape index (κ1) is 11.0. The Kier molecular flexibility index (Phi) is 3.13. The van der Waals surface area contributed by atoms with Crippen LogP contribution in [0.1, 0.15) is 16.7 Å². The molecule has 0 spiro atoms. The van der Waals surface area contributed by atoms with Crippen LogP contribution >= 0.6 is 0 Å². The van der Waals surface area contributed by atoms with Gasteiger partial charge in [0.15, 0.2) is 0 Å². The fourth-order valence-electron chi connectivity index (χ4n) is 1.09. The molecular formula is C9H10F3NO. The molecule has 0 aromatic heterocycles. The maximum Gasteiger partial charge on any atom is 0.416 e. The Labute approximate surface area is 79.4 Å². The second-order valence-corrected chi connectivity index (χ2v) is 2.95. The highest BCUT2D eigenvalue weighted by molar-refractivity contribution is 5.32. The van der Waals surface area contributed by atoms with Crippen LogP contribution in [0.25, 0.3) is 0 Å². The Hall–Kier alpha value is -1.07. The van der Waals surface area contributed by atoms with Gasteiger partial charge in [-0.25, -0.2) is 5.90 Å². The molecule has 0 amide bonds. The van der Waals surface area contributed by atoms with Gasteiger partial charge in [0.1, 0.15) is 0 Å². The van der Waals surface area contributed by atoms with Gasteiger partial charge in [-0.1, -0.05) is 6.07 Å². The molecule has 1 aromatic rings. The van der Waals surface area contributed by atoms with Crippen molar-refractivity contribution in [3.8, 4) is 0 Å². The minimum absolute atomic E-state index is 0.0181. The van der Waals surface area contributed by atoms with E-state index in [1.807, 2.05) is 0 Å². The van der Waals surface area contributed by atoms with Crippen LogP contribution in [0.3, 0.4) is 0 Å². The van der Waals surface area contributed by atoms with Crippen molar-refractivity contribution in [1.29, 1.82) is 0 Å². The number of hydrogen-bond acceptors (Lipinski definition) is 2. The van der Waals surface area contributed by atoms with E-state index in [0.717, 1.165) is 17.7 Å². The monoisotopic (exact) mass is 205 g/mol. The Balaban J connectivity index is 3.06. The van der Waals surface area contributed by atoms with E-state index in [1.165, 1.54) is 6.07 Å². The zero-order valence-electron chi connectivity index (χ0n) is 7.56. The summed E-state index contributed by atoms with van der Waals surface area (Å²) in [6.07, 6.45) is -4.32. The van der Waals surface area contributed by atoms with Crippen molar-refractivity contribution >= 4 is 0 Å². The topological polar surface area (TPSA) is 35.2 Å². The van der Waals surface area contributed by atoms with Crippen molar-refractivity contribution in [2.24, 2.45) is 5.90 Å². The number of benzene rings is 1. The fourth-order valence-corrected chi connectivity index (χ4v) is 1.09. The molecule has 0 fully saturated rings. The molecule has 0 aliphatic carbocycles. The minimum Gasteiger partial charge on any atom is -0.300 e. The summed E-state index contributed by atoms with van der Waals surface area (Å²) in [7, 11) is 0. The lowest BCUT2D eigenvalue weighted by atomic mass is 10.1. The highest BCUT2D eigenvalue weighted by Crippen LogP contribution is 2.30. The Morgan fingerprint density at radius 1 is 1.36 bits per heavy atom. The first-order valence-corrected chi connectivity index (χ1v) is 3.93. The van der Waals surface area contributed by atoms with E-state index < -0.39 is 11.7 Å². The number of nitrogens with two attached hydrogens (primary N) is 1. The van der Waals surface area contributed by atoms with Crippen LogP contribution in [0.15, 0.2) is 18.2 Å². The predicted molar refractivity (Wildman–Crippen MR) is 45.2 cm³/mol. The molecule has 0 unspecified atom stereocenters. The normalized spacial score (nSPS) is 11.8. The van der Waals surface area contributed by atoms with E-state index in [9.17, 15) is 13.2 Å². The summed E-state index contributed by atoms with van der Waals surface area (Å²) in [6.45, 7) is 1.68. The highest BCUT2D eigenvalue weighted by Gasteiger charge is 2.30. The van der Waals surface area contributed by atoms with Crippen LogP contribution < -0.4 is 5.90 Å². The standard InChI is InChI=1S/C9H10F3NO/c1-6-2-3-8(9(10,11)12)4-7(6)5-14-13/h2-4H,5,13H2,1H3. The van der Waals surface area contributed by atoms with Crippen LogP contribution in [0, 0.1) is 6.92 Å².